The van der Waals surface area contributed by atoms with Crippen LogP contribution in [-0.2, 0) is 0 Å². The van der Waals surface area contributed by atoms with Gasteiger partial charge in [-0.3, -0.25) is 4.79 Å². The zero-order valence-electron chi connectivity index (χ0n) is 13.8. The first-order valence-corrected chi connectivity index (χ1v) is 9.07. The van der Waals surface area contributed by atoms with Crippen molar-refractivity contribution in [2.24, 2.45) is 17.6 Å². The zero-order chi connectivity index (χ0) is 17.0. The summed E-state index contributed by atoms with van der Waals surface area (Å²) in [6, 6.07) is 5.08. The standard InChI is InChI=1S/C18H20FN3OS/c1-9-12(4-3-5-14(9)19)17-16(21-10(2)24-17)18(23)22-8-11-6-13(11)15(22)7-20/h3-5,11,13,15H,6-8,20H2,1-2H3/t11-,13-,15+/m0/s1. The van der Waals surface area contributed by atoms with Crippen LogP contribution in [0.5, 0.6) is 0 Å². The lowest BCUT2D eigenvalue weighted by molar-refractivity contribution is 0.0708. The second-order valence-corrected chi connectivity index (χ2v) is 7.95. The molecule has 1 amide bonds. The van der Waals surface area contributed by atoms with E-state index in [2.05, 4.69) is 4.98 Å². The average molecular weight is 345 g/mol. The molecule has 2 aromatic rings. The zero-order valence-corrected chi connectivity index (χ0v) is 14.6. The number of fused-ring (bicyclic) bond motifs is 1. The number of piperidine rings is 1. The molecule has 2 heterocycles. The normalized spacial score (nSPS) is 25.0. The van der Waals surface area contributed by atoms with Gasteiger partial charge in [0.1, 0.15) is 11.5 Å². The molecule has 1 aliphatic carbocycles. The molecule has 1 aromatic heterocycles. The van der Waals surface area contributed by atoms with Crippen LogP contribution in [0.1, 0.15) is 27.5 Å². The molecular formula is C18H20FN3OS. The van der Waals surface area contributed by atoms with Crippen LogP contribution < -0.4 is 5.73 Å². The minimum atomic E-state index is -0.265. The molecular weight excluding hydrogens is 325 g/mol. The van der Waals surface area contributed by atoms with Gasteiger partial charge < -0.3 is 10.6 Å². The van der Waals surface area contributed by atoms with E-state index in [1.807, 2.05) is 17.9 Å². The lowest BCUT2D eigenvalue weighted by atomic mass is 10.0. The highest BCUT2D eigenvalue weighted by Gasteiger charge is 2.53. The van der Waals surface area contributed by atoms with Gasteiger partial charge in [-0.1, -0.05) is 12.1 Å². The van der Waals surface area contributed by atoms with E-state index in [4.69, 9.17) is 5.73 Å². The van der Waals surface area contributed by atoms with Crippen LogP contribution in [-0.4, -0.2) is 34.9 Å². The molecule has 0 unspecified atom stereocenters. The highest BCUT2D eigenvalue weighted by molar-refractivity contribution is 7.15. The molecule has 2 N–H and O–H groups in total. The van der Waals surface area contributed by atoms with Crippen molar-refractivity contribution in [3.05, 3.63) is 40.3 Å². The molecule has 3 atom stereocenters. The maximum Gasteiger partial charge on any atom is 0.274 e. The summed E-state index contributed by atoms with van der Waals surface area (Å²) in [5.74, 6) is 0.819. The van der Waals surface area contributed by atoms with E-state index < -0.39 is 0 Å². The fourth-order valence-corrected chi connectivity index (χ4v) is 4.84. The van der Waals surface area contributed by atoms with Crippen LogP contribution >= 0.6 is 11.3 Å². The summed E-state index contributed by atoms with van der Waals surface area (Å²) in [4.78, 5) is 20.2. The first-order valence-electron chi connectivity index (χ1n) is 8.25. The van der Waals surface area contributed by atoms with Gasteiger partial charge in [-0.2, -0.15) is 0 Å². The van der Waals surface area contributed by atoms with Crippen LogP contribution in [0.4, 0.5) is 4.39 Å². The Kier molecular flexibility index (Phi) is 3.69. The average Bonchev–Trinajstić information content (AvgIpc) is 3.07. The first kappa shape index (κ1) is 15.7. The third kappa shape index (κ3) is 2.36. The summed E-state index contributed by atoms with van der Waals surface area (Å²) in [6.07, 6.45) is 1.18. The molecule has 0 radical (unpaired) electrons. The van der Waals surface area contributed by atoms with Crippen LogP contribution in [0.15, 0.2) is 18.2 Å². The Bertz CT molecular complexity index is 819. The molecule has 2 fully saturated rings. The number of amides is 1. The van der Waals surface area contributed by atoms with Gasteiger partial charge in [0.25, 0.3) is 5.91 Å². The van der Waals surface area contributed by atoms with E-state index in [1.165, 1.54) is 23.8 Å². The van der Waals surface area contributed by atoms with Crippen molar-refractivity contribution in [1.29, 1.82) is 0 Å². The summed E-state index contributed by atoms with van der Waals surface area (Å²) < 4.78 is 14.0. The Morgan fingerprint density at radius 2 is 2.25 bits per heavy atom. The van der Waals surface area contributed by atoms with Crippen LogP contribution in [0.2, 0.25) is 0 Å². The summed E-state index contributed by atoms with van der Waals surface area (Å²) >= 11 is 1.44. The van der Waals surface area contributed by atoms with Gasteiger partial charge in [0.15, 0.2) is 0 Å². The van der Waals surface area contributed by atoms with Gasteiger partial charge in [-0.05, 0) is 49.3 Å². The van der Waals surface area contributed by atoms with Crippen molar-refractivity contribution < 1.29 is 9.18 Å². The Morgan fingerprint density at radius 3 is 3.00 bits per heavy atom. The second kappa shape index (κ2) is 5.63. The predicted molar refractivity (Wildman–Crippen MR) is 92.5 cm³/mol. The molecule has 4 rings (SSSR count). The minimum absolute atomic E-state index is 0.0688. The number of benzene rings is 1. The number of nitrogens with zero attached hydrogens (tertiary/aromatic N) is 2. The first-order chi connectivity index (χ1) is 11.5. The summed E-state index contributed by atoms with van der Waals surface area (Å²) in [7, 11) is 0. The number of carbonyl (C=O) groups is 1. The molecule has 4 nitrogen and oxygen atoms in total. The highest BCUT2D eigenvalue weighted by Crippen LogP contribution is 2.49. The van der Waals surface area contributed by atoms with Crippen LogP contribution in [0.25, 0.3) is 10.4 Å². The Balaban J connectivity index is 1.74. The van der Waals surface area contributed by atoms with Gasteiger partial charge in [0, 0.05) is 19.1 Å². The number of thiazole rings is 1. The molecule has 24 heavy (non-hydrogen) atoms. The number of rotatable bonds is 3. The van der Waals surface area contributed by atoms with Crippen molar-refractivity contribution in [2.45, 2.75) is 26.3 Å². The molecule has 1 aliphatic heterocycles. The number of hydrogen-bond donors (Lipinski definition) is 1. The smallest absolute Gasteiger partial charge is 0.274 e. The van der Waals surface area contributed by atoms with Gasteiger partial charge in [-0.15, -0.1) is 11.3 Å². The second-order valence-electron chi connectivity index (χ2n) is 6.74. The van der Waals surface area contributed by atoms with Crippen molar-refractivity contribution in [3.63, 3.8) is 0 Å². The third-order valence-electron chi connectivity index (χ3n) is 5.25. The van der Waals surface area contributed by atoms with Gasteiger partial charge in [0.05, 0.1) is 9.88 Å². The molecule has 0 spiro atoms. The van der Waals surface area contributed by atoms with Crippen LogP contribution in [0.3, 0.4) is 0 Å². The fourth-order valence-electron chi connectivity index (χ4n) is 3.85. The maximum atomic E-state index is 14.0. The van der Waals surface area contributed by atoms with E-state index in [9.17, 15) is 9.18 Å². The highest BCUT2D eigenvalue weighted by atomic mass is 32.1. The topological polar surface area (TPSA) is 59.2 Å². The lowest BCUT2D eigenvalue weighted by Gasteiger charge is -2.26. The quantitative estimate of drug-likeness (QED) is 0.930. The van der Waals surface area contributed by atoms with E-state index in [-0.39, 0.29) is 17.8 Å². The predicted octanol–water partition coefficient (Wildman–Crippen LogP) is 2.99. The monoisotopic (exact) mass is 345 g/mol. The van der Waals surface area contributed by atoms with Crippen LogP contribution in [0, 0.1) is 31.5 Å². The fraction of sp³-hybridized carbons (Fsp3) is 0.444. The number of halogens is 1. The van der Waals surface area contributed by atoms with E-state index >= 15 is 0 Å². The molecule has 1 aromatic carbocycles. The summed E-state index contributed by atoms with van der Waals surface area (Å²) in [6.45, 7) is 4.87. The van der Waals surface area contributed by atoms with Crippen molar-refractivity contribution in [2.75, 3.05) is 13.1 Å². The number of nitrogens with two attached hydrogens (primary N) is 1. The van der Waals surface area contributed by atoms with Crippen molar-refractivity contribution in [1.82, 2.24) is 9.88 Å². The van der Waals surface area contributed by atoms with Gasteiger partial charge in [0.2, 0.25) is 0 Å². The SMILES string of the molecule is Cc1nc(C(=O)N2C[C@@H]3C[C@@H]3[C@H]2CN)c(-c2cccc(F)c2C)s1. The Labute approximate surface area is 144 Å². The Morgan fingerprint density at radius 1 is 1.46 bits per heavy atom. The van der Waals surface area contributed by atoms with E-state index in [1.54, 1.807) is 13.0 Å². The van der Waals surface area contributed by atoms with Crippen molar-refractivity contribution >= 4 is 17.2 Å². The number of aryl methyl sites for hydroxylation is 1. The van der Waals surface area contributed by atoms with E-state index in [0.717, 1.165) is 22.0 Å². The van der Waals surface area contributed by atoms with Gasteiger partial charge in [-0.25, -0.2) is 9.37 Å². The molecule has 6 heteroatoms. The Hall–Kier alpha value is -1.79. The number of hydrogen-bond acceptors (Lipinski definition) is 4. The summed E-state index contributed by atoms with van der Waals surface area (Å²) in [5, 5.41) is 0.811. The number of carbonyl (C=O) groups excluding carboxylic acids is 1. The lowest BCUT2D eigenvalue weighted by Crippen LogP contribution is -2.43. The largest absolute Gasteiger partial charge is 0.332 e. The summed E-state index contributed by atoms with van der Waals surface area (Å²) in [5.41, 5.74) is 7.63. The van der Waals surface area contributed by atoms with Gasteiger partial charge >= 0.3 is 0 Å². The minimum Gasteiger partial charge on any atom is -0.332 e. The van der Waals surface area contributed by atoms with E-state index in [0.29, 0.717) is 29.6 Å². The molecule has 126 valence electrons. The maximum absolute atomic E-state index is 14.0. The molecule has 1 saturated heterocycles. The molecule has 1 saturated carbocycles. The number of likely N-dealkylation sites (tertiary alicyclic amines) is 1. The van der Waals surface area contributed by atoms with Crippen molar-refractivity contribution in [3.8, 4) is 10.4 Å². The molecule has 0 bridgehead atoms. The molecule has 2 aliphatic rings. The third-order valence-corrected chi connectivity index (χ3v) is 6.26. The number of aromatic nitrogens is 1.